The first kappa shape index (κ1) is 19.6. The number of aryl methyl sites for hydroxylation is 3. The smallest absolute Gasteiger partial charge is 0.271 e. The Kier molecular flexibility index (Phi) is 5.78. The van der Waals surface area contributed by atoms with E-state index >= 15 is 0 Å². The number of carbonyl (C=O) groups excluding carboxylic acids is 1. The van der Waals surface area contributed by atoms with E-state index in [4.69, 9.17) is 0 Å². The zero-order chi connectivity index (χ0) is 20.3. The number of carbonyl (C=O) groups is 1. The van der Waals surface area contributed by atoms with Crippen LogP contribution in [-0.4, -0.2) is 37.0 Å². The van der Waals surface area contributed by atoms with Gasteiger partial charge in [-0.2, -0.15) is 10.2 Å². The molecule has 0 aliphatic rings. The molecule has 3 aromatic heterocycles. The zero-order valence-corrected chi connectivity index (χ0v) is 16.6. The van der Waals surface area contributed by atoms with E-state index < -0.39 is 5.91 Å². The number of amides is 1. The molecule has 1 amide bonds. The highest BCUT2D eigenvalue weighted by atomic mass is 32.1. The summed E-state index contributed by atoms with van der Waals surface area (Å²) in [6, 6.07) is 5.82. The Labute approximate surface area is 164 Å². The third-order valence-corrected chi connectivity index (χ3v) is 5.11. The predicted molar refractivity (Wildman–Crippen MR) is 106 cm³/mol. The summed E-state index contributed by atoms with van der Waals surface area (Å²) in [5.74, 6) is -0.416. The first-order chi connectivity index (χ1) is 13.4. The van der Waals surface area contributed by atoms with Crippen LogP contribution in [0.5, 0.6) is 0 Å². The molecular formula is C18H20N6O3S. The van der Waals surface area contributed by atoms with E-state index in [0.29, 0.717) is 12.2 Å². The minimum absolute atomic E-state index is 0.145. The van der Waals surface area contributed by atoms with Crippen LogP contribution in [0.4, 0.5) is 0 Å². The van der Waals surface area contributed by atoms with Crippen LogP contribution < -0.4 is 16.4 Å². The normalized spacial score (nSPS) is 10.8. The molecule has 0 atom stereocenters. The maximum atomic E-state index is 12.2. The minimum atomic E-state index is -0.416. The van der Waals surface area contributed by atoms with Crippen molar-refractivity contribution in [3.8, 4) is 10.6 Å². The van der Waals surface area contributed by atoms with Crippen molar-refractivity contribution in [1.29, 1.82) is 0 Å². The molecule has 0 radical (unpaired) electrons. The summed E-state index contributed by atoms with van der Waals surface area (Å²) in [6.45, 7) is 6.38. The lowest BCUT2D eigenvalue weighted by atomic mass is 10.3. The largest absolute Gasteiger partial charge is 0.349 e. The van der Waals surface area contributed by atoms with Crippen LogP contribution in [0.3, 0.4) is 0 Å². The van der Waals surface area contributed by atoms with Crippen LogP contribution in [0.1, 0.15) is 28.1 Å². The number of hydrogen-bond acceptors (Lipinski definition) is 7. The fourth-order valence-corrected chi connectivity index (χ4v) is 3.55. The van der Waals surface area contributed by atoms with Gasteiger partial charge in [-0.1, -0.05) is 0 Å². The first-order valence-electron chi connectivity index (χ1n) is 8.78. The fourth-order valence-electron chi connectivity index (χ4n) is 2.66. The molecule has 3 rings (SSSR count). The molecule has 10 heteroatoms. The monoisotopic (exact) mass is 400 g/mol. The van der Waals surface area contributed by atoms with E-state index in [1.807, 2.05) is 13.8 Å². The van der Waals surface area contributed by atoms with E-state index in [9.17, 15) is 14.4 Å². The Morgan fingerprint density at radius 3 is 2.46 bits per heavy atom. The SMILES string of the molecule is CCn1nc(C(=O)NCCn2nc(-c3sc(C)nc3C)ccc2=O)ccc1=O. The highest BCUT2D eigenvalue weighted by Gasteiger charge is 2.12. The summed E-state index contributed by atoms with van der Waals surface area (Å²) in [4.78, 5) is 41.2. The molecule has 0 aliphatic carbocycles. The molecule has 0 spiro atoms. The van der Waals surface area contributed by atoms with Crippen LogP contribution in [0, 0.1) is 13.8 Å². The molecule has 3 aromatic rings. The topological polar surface area (TPSA) is 112 Å². The van der Waals surface area contributed by atoms with Gasteiger partial charge in [0, 0.05) is 25.2 Å². The third-order valence-electron chi connectivity index (χ3n) is 4.01. The van der Waals surface area contributed by atoms with E-state index in [1.165, 1.54) is 38.9 Å². The van der Waals surface area contributed by atoms with Crippen molar-refractivity contribution in [3.63, 3.8) is 0 Å². The Hall–Kier alpha value is -3.14. The van der Waals surface area contributed by atoms with Crippen LogP contribution in [0.15, 0.2) is 33.9 Å². The Morgan fingerprint density at radius 1 is 1.07 bits per heavy atom. The lowest BCUT2D eigenvalue weighted by Crippen LogP contribution is -2.33. The summed E-state index contributed by atoms with van der Waals surface area (Å²) in [5.41, 5.74) is 1.16. The number of aromatic nitrogens is 5. The summed E-state index contributed by atoms with van der Waals surface area (Å²) in [5, 5.41) is 12.0. The molecule has 0 unspecified atom stereocenters. The minimum Gasteiger partial charge on any atom is -0.349 e. The highest BCUT2D eigenvalue weighted by molar-refractivity contribution is 7.15. The van der Waals surface area contributed by atoms with Gasteiger partial charge < -0.3 is 5.32 Å². The van der Waals surface area contributed by atoms with Gasteiger partial charge in [0.2, 0.25) is 0 Å². The maximum absolute atomic E-state index is 12.2. The van der Waals surface area contributed by atoms with Crippen LogP contribution in [-0.2, 0) is 13.1 Å². The van der Waals surface area contributed by atoms with Crippen molar-refractivity contribution in [2.75, 3.05) is 6.54 Å². The van der Waals surface area contributed by atoms with Crippen molar-refractivity contribution >= 4 is 17.2 Å². The second kappa shape index (κ2) is 8.26. The molecule has 0 saturated heterocycles. The molecule has 9 nitrogen and oxygen atoms in total. The fraction of sp³-hybridized carbons (Fsp3) is 0.333. The van der Waals surface area contributed by atoms with Gasteiger partial charge in [0.25, 0.3) is 17.0 Å². The standard InChI is InChI=1S/C18H20N6O3S/c1-4-23-15(25)8-6-14(22-23)18(27)19-9-10-24-16(26)7-5-13(21-24)17-11(2)20-12(3)28-17/h5-8H,4,9-10H2,1-3H3,(H,19,27). The summed E-state index contributed by atoms with van der Waals surface area (Å²) in [6.07, 6.45) is 0. The van der Waals surface area contributed by atoms with Crippen molar-refractivity contribution < 1.29 is 4.79 Å². The molecule has 0 fully saturated rings. The molecule has 0 bridgehead atoms. The number of nitrogens with zero attached hydrogens (tertiary/aromatic N) is 5. The third kappa shape index (κ3) is 4.22. The molecule has 3 heterocycles. The molecule has 146 valence electrons. The quantitative estimate of drug-likeness (QED) is 0.660. The van der Waals surface area contributed by atoms with Gasteiger partial charge in [-0.15, -0.1) is 11.3 Å². The summed E-state index contributed by atoms with van der Waals surface area (Å²) >= 11 is 1.52. The first-order valence-corrected chi connectivity index (χ1v) is 9.59. The van der Waals surface area contributed by atoms with Crippen LogP contribution >= 0.6 is 11.3 Å². The Morgan fingerprint density at radius 2 is 1.79 bits per heavy atom. The van der Waals surface area contributed by atoms with Crippen molar-refractivity contribution in [2.45, 2.75) is 33.9 Å². The van der Waals surface area contributed by atoms with E-state index in [-0.39, 0.29) is 29.9 Å². The number of nitrogens with one attached hydrogen (secondary N) is 1. The van der Waals surface area contributed by atoms with E-state index in [1.54, 1.807) is 13.0 Å². The molecule has 28 heavy (non-hydrogen) atoms. The van der Waals surface area contributed by atoms with Crippen molar-refractivity contribution in [3.05, 3.63) is 61.4 Å². The lowest BCUT2D eigenvalue weighted by molar-refractivity contribution is 0.0944. The average molecular weight is 400 g/mol. The molecule has 0 aromatic carbocycles. The average Bonchev–Trinajstić information content (AvgIpc) is 3.01. The van der Waals surface area contributed by atoms with Gasteiger partial charge in [0.15, 0.2) is 0 Å². The molecular weight excluding hydrogens is 380 g/mol. The molecule has 0 saturated carbocycles. The predicted octanol–water partition coefficient (Wildman–Crippen LogP) is 0.990. The second-order valence-corrected chi connectivity index (χ2v) is 7.26. The van der Waals surface area contributed by atoms with Gasteiger partial charge in [-0.3, -0.25) is 14.4 Å². The zero-order valence-electron chi connectivity index (χ0n) is 15.8. The van der Waals surface area contributed by atoms with Crippen LogP contribution in [0.2, 0.25) is 0 Å². The Bertz CT molecular complexity index is 1130. The highest BCUT2D eigenvalue weighted by Crippen LogP contribution is 2.27. The lowest BCUT2D eigenvalue weighted by Gasteiger charge is -2.08. The molecule has 1 N–H and O–H groups in total. The number of thiazole rings is 1. The van der Waals surface area contributed by atoms with E-state index in [2.05, 4.69) is 20.5 Å². The van der Waals surface area contributed by atoms with Gasteiger partial charge in [-0.25, -0.2) is 14.3 Å². The van der Waals surface area contributed by atoms with E-state index in [0.717, 1.165) is 15.6 Å². The van der Waals surface area contributed by atoms with Crippen LogP contribution in [0.25, 0.3) is 10.6 Å². The maximum Gasteiger partial charge on any atom is 0.271 e. The summed E-state index contributed by atoms with van der Waals surface area (Å²) < 4.78 is 2.52. The molecule has 0 aliphatic heterocycles. The van der Waals surface area contributed by atoms with Crippen molar-refractivity contribution in [2.24, 2.45) is 0 Å². The van der Waals surface area contributed by atoms with Gasteiger partial charge >= 0.3 is 0 Å². The van der Waals surface area contributed by atoms with Gasteiger partial charge in [0.1, 0.15) is 11.4 Å². The van der Waals surface area contributed by atoms with Gasteiger partial charge in [0.05, 0.1) is 22.1 Å². The van der Waals surface area contributed by atoms with Crippen molar-refractivity contribution in [1.82, 2.24) is 29.9 Å². The number of rotatable bonds is 6. The summed E-state index contributed by atoms with van der Waals surface area (Å²) in [7, 11) is 0. The Balaban J connectivity index is 1.70. The second-order valence-electron chi connectivity index (χ2n) is 6.06. The number of hydrogen-bond donors (Lipinski definition) is 1. The van der Waals surface area contributed by atoms with Gasteiger partial charge in [-0.05, 0) is 32.9 Å².